The first kappa shape index (κ1) is 21.5. The van der Waals surface area contributed by atoms with Gasteiger partial charge in [-0.3, -0.25) is 14.9 Å². The molecule has 1 N–H and O–H groups in total. The van der Waals surface area contributed by atoms with Gasteiger partial charge in [-0.25, -0.2) is 9.67 Å². The largest absolute Gasteiger partial charge is 0.305 e. The molecular weight excluding hydrogens is 444 g/mol. The number of non-ortho nitro benzene ring substituents is 1. The van der Waals surface area contributed by atoms with Crippen LogP contribution in [0.1, 0.15) is 11.4 Å². The molecule has 0 spiro atoms. The molecule has 0 unspecified atom stereocenters. The molecule has 5 aromatic rings. The van der Waals surface area contributed by atoms with Crippen LogP contribution in [0.2, 0.25) is 0 Å². The number of aromatic nitrogens is 4. The van der Waals surface area contributed by atoms with Gasteiger partial charge in [-0.05, 0) is 42.5 Å². The van der Waals surface area contributed by atoms with Crippen molar-refractivity contribution in [3.8, 4) is 23.0 Å². The Morgan fingerprint density at radius 3 is 2.46 bits per heavy atom. The van der Waals surface area contributed by atoms with Crippen molar-refractivity contribution in [1.82, 2.24) is 19.7 Å². The monoisotopic (exact) mass is 460 g/mol. The highest BCUT2D eigenvalue weighted by atomic mass is 16.6. The molecule has 0 saturated heterocycles. The minimum absolute atomic E-state index is 0.0380. The highest BCUT2D eigenvalue weighted by Gasteiger charge is 2.15. The summed E-state index contributed by atoms with van der Waals surface area (Å²) in [6, 6.07) is 24.4. The van der Waals surface area contributed by atoms with Crippen LogP contribution in [0.5, 0.6) is 0 Å². The van der Waals surface area contributed by atoms with E-state index in [-0.39, 0.29) is 22.6 Å². The lowest BCUT2D eigenvalue weighted by atomic mass is 10.1. The minimum Gasteiger partial charge on any atom is -0.305 e. The van der Waals surface area contributed by atoms with Gasteiger partial charge in [-0.15, -0.1) is 0 Å². The second kappa shape index (κ2) is 8.88. The molecule has 0 aliphatic heterocycles. The first-order valence-corrected chi connectivity index (χ1v) is 10.5. The number of nitro benzene ring substituents is 1. The molecule has 35 heavy (non-hydrogen) atoms. The van der Waals surface area contributed by atoms with Gasteiger partial charge in [0.15, 0.2) is 5.82 Å². The van der Waals surface area contributed by atoms with E-state index in [1.54, 1.807) is 53.4 Å². The van der Waals surface area contributed by atoms with Crippen molar-refractivity contribution >= 4 is 28.2 Å². The summed E-state index contributed by atoms with van der Waals surface area (Å²) >= 11 is 0. The van der Waals surface area contributed by atoms with Crippen LogP contribution >= 0.6 is 0 Å². The number of nitrogens with zero attached hydrogens (tertiary/aromatic N) is 5. The van der Waals surface area contributed by atoms with Crippen LogP contribution in [-0.4, -0.2) is 24.7 Å². The third kappa shape index (κ3) is 4.19. The lowest BCUT2D eigenvalue weighted by molar-refractivity contribution is -0.384. The molecule has 9 nitrogen and oxygen atoms in total. The topological polar surface area (TPSA) is 130 Å². The van der Waals surface area contributed by atoms with Crippen LogP contribution in [-0.2, 0) is 0 Å². The minimum atomic E-state index is -0.470. The summed E-state index contributed by atoms with van der Waals surface area (Å²) in [6.45, 7) is 0. The molecule has 2 aromatic heterocycles. The van der Waals surface area contributed by atoms with Gasteiger partial charge >= 0.3 is 0 Å². The van der Waals surface area contributed by atoms with Gasteiger partial charge in [-0.2, -0.15) is 10.4 Å². The molecule has 3 aromatic carbocycles. The van der Waals surface area contributed by atoms with E-state index in [1.165, 1.54) is 12.1 Å². The average molecular weight is 460 g/mol. The molecule has 2 heterocycles. The Morgan fingerprint density at radius 1 is 1.03 bits per heavy atom. The number of aromatic amines is 1. The number of allylic oxidation sites excluding steroid dienone is 1. The molecule has 168 valence electrons. The highest BCUT2D eigenvalue weighted by Crippen LogP contribution is 2.28. The van der Waals surface area contributed by atoms with Gasteiger partial charge < -0.3 is 4.98 Å². The van der Waals surface area contributed by atoms with Crippen molar-refractivity contribution in [2.75, 3.05) is 0 Å². The van der Waals surface area contributed by atoms with Gasteiger partial charge in [0, 0.05) is 29.5 Å². The summed E-state index contributed by atoms with van der Waals surface area (Å²) in [5, 5.41) is 26.1. The van der Waals surface area contributed by atoms with Crippen LogP contribution < -0.4 is 5.56 Å². The molecule has 9 heteroatoms. The predicted octanol–water partition coefficient (Wildman–Crippen LogP) is 4.75. The van der Waals surface area contributed by atoms with E-state index in [4.69, 9.17) is 0 Å². The van der Waals surface area contributed by atoms with Crippen LogP contribution in [0.4, 0.5) is 5.69 Å². The van der Waals surface area contributed by atoms with Crippen molar-refractivity contribution in [3.63, 3.8) is 0 Å². The van der Waals surface area contributed by atoms with Crippen molar-refractivity contribution in [1.29, 1.82) is 5.26 Å². The molecule has 0 aliphatic rings. The fourth-order valence-electron chi connectivity index (χ4n) is 3.69. The van der Waals surface area contributed by atoms with E-state index in [0.717, 1.165) is 5.69 Å². The number of para-hydroxylation sites is 2. The normalized spacial score (nSPS) is 11.3. The van der Waals surface area contributed by atoms with Crippen molar-refractivity contribution in [2.45, 2.75) is 0 Å². The van der Waals surface area contributed by atoms with Crippen LogP contribution in [0.15, 0.2) is 89.9 Å². The number of nitriles is 1. The number of nitro groups is 1. The maximum Gasteiger partial charge on any atom is 0.269 e. The number of rotatable bonds is 5. The first-order valence-electron chi connectivity index (χ1n) is 10.5. The van der Waals surface area contributed by atoms with Gasteiger partial charge in [0.2, 0.25) is 0 Å². The molecule has 5 rings (SSSR count). The Labute approximate surface area is 198 Å². The van der Waals surface area contributed by atoms with Crippen LogP contribution in [0.3, 0.4) is 0 Å². The van der Waals surface area contributed by atoms with E-state index >= 15 is 0 Å². The molecule has 0 aliphatic carbocycles. The number of nitrogens with one attached hydrogen (secondary N) is 1. The summed E-state index contributed by atoms with van der Waals surface area (Å²) in [5.41, 5.74) is 2.76. The third-order valence-electron chi connectivity index (χ3n) is 5.40. The zero-order valence-electron chi connectivity index (χ0n) is 18.1. The van der Waals surface area contributed by atoms with E-state index in [2.05, 4.69) is 21.1 Å². The Kier molecular flexibility index (Phi) is 5.45. The zero-order chi connectivity index (χ0) is 24.4. The number of fused-ring (bicyclic) bond motifs is 1. The fraction of sp³-hybridized carbons (Fsp3) is 0. The molecule has 0 amide bonds. The predicted molar refractivity (Wildman–Crippen MR) is 132 cm³/mol. The van der Waals surface area contributed by atoms with Crippen molar-refractivity contribution in [3.05, 3.63) is 117 Å². The smallest absolute Gasteiger partial charge is 0.269 e. The third-order valence-corrected chi connectivity index (χ3v) is 5.40. The number of hydrogen-bond acceptors (Lipinski definition) is 6. The first-order chi connectivity index (χ1) is 17.0. The quantitative estimate of drug-likeness (QED) is 0.229. The number of H-pyrrole nitrogens is 1. The molecule has 0 atom stereocenters. The van der Waals surface area contributed by atoms with Crippen molar-refractivity contribution in [2.24, 2.45) is 0 Å². The second-order valence-electron chi connectivity index (χ2n) is 7.62. The van der Waals surface area contributed by atoms with Gasteiger partial charge in [0.25, 0.3) is 11.2 Å². The van der Waals surface area contributed by atoms with Gasteiger partial charge in [-0.1, -0.05) is 30.3 Å². The Morgan fingerprint density at radius 2 is 1.74 bits per heavy atom. The SMILES string of the molecule is N#C/C(=C\c1cn(-c2ccccc2)nc1-c1ccc([N+](=O)[O-])cc1)c1nc2ccccc2c(=O)[nH]1. The highest BCUT2D eigenvalue weighted by molar-refractivity contribution is 5.91. The van der Waals surface area contributed by atoms with Crippen LogP contribution in [0.25, 0.3) is 39.5 Å². The number of hydrogen-bond donors (Lipinski definition) is 1. The van der Waals surface area contributed by atoms with Crippen molar-refractivity contribution < 1.29 is 4.92 Å². The second-order valence-corrected chi connectivity index (χ2v) is 7.62. The zero-order valence-corrected chi connectivity index (χ0v) is 18.1. The van der Waals surface area contributed by atoms with E-state index in [9.17, 15) is 20.2 Å². The molecule has 0 bridgehead atoms. The Bertz CT molecular complexity index is 1690. The molecular formula is C26H16N6O3. The van der Waals surface area contributed by atoms with Gasteiger partial charge in [0.05, 0.1) is 27.1 Å². The molecule has 0 radical (unpaired) electrons. The summed E-state index contributed by atoms with van der Waals surface area (Å²) in [4.78, 5) is 30.3. The fourth-order valence-corrected chi connectivity index (χ4v) is 3.69. The lowest BCUT2D eigenvalue weighted by Crippen LogP contribution is -2.11. The van der Waals surface area contributed by atoms with E-state index in [0.29, 0.717) is 27.7 Å². The van der Waals surface area contributed by atoms with Crippen LogP contribution in [0, 0.1) is 21.4 Å². The number of benzene rings is 3. The lowest BCUT2D eigenvalue weighted by Gasteiger charge is -2.03. The molecule has 0 fully saturated rings. The molecule has 0 saturated carbocycles. The summed E-state index contributed by atoms with van der Waals surface area (Å²) in [5.74, 6) is 0.137. The standard InChI is InChI=1S/C26H16N6O3/c27-15-18(25-28-23-9-5-4-8-22(23)26(33)29-25)14-19-16-31(20-6-2-1-3-7-20)30-24(19)17-10-12-21(13-11-17)32(34)35/h1-14,16H,(H,28,29,33)/b18-14+. The Balaban J connectivity index is 1.67. The summed E-state index contributed by atoms with van der Waals surface area (Å²) in [6.07, 6.45) is 3.35. The maximum absolute atomic E-state index is 12.5. The average Bonchev–Trinajstić information content (AvgIpc) is 3.31. The van der Waals surface area contributed by atoms with E-state index in [1.807, 2.05) is 30.3 Å². The summed E-state index contributed by atoms with van der Waals surface area (Å²) in [7, 11) is 0. The van der Waals surface area contributed by atoms with Gasteiger partial charge in [0.1, 0.15) is 11.8 Å². The summed E-state index contributed by atoms with van der Waals surface area (Å²) < 4.78 is 1.66. The van der Waals surface area contributed by atoms with E-state index < -0.39 is 4.92 Å². The Hall–Kier alpha value is -5.36. The maximum atomic E-state index is 12.5.